The zero-order valence-electron chi connectivity index (χ0n) is 14.0. The summed E-state index contributed by atoms with van der Waals surface area (Å²) in [7, 11) is 0. The minimum atomic E-state index is -1.44. The van der Waals surface area contributed by atoms with Crippen LogP contribution in [0.15, 0.2) is 65.8 Å². The van der Waals surface area contributed by atoms with Crippen LogP contribution in [-0.2, 0) is 19.2 Å². The van der Waals surface area contributed by atoms with Crippen molar-refractivity contribution in [1.29, 1.82) is 0 Å². The predicted octanol–water partition coefficient (Wildman–Crippen LogP) is 3.18. The summed E-state index contributed by atoms with van der Waals surface area (Å²) in [6.07, 6.45) is -0.0396. The second-order valence-electron chi connectivity index (χ2n) is 5.78. The third-order valence-electron chi connectivity index (χ3n) is 3.37. The number of oxime groups is 1. The molecule has 0 heterocycles. The number of nitrogens with zero attached hydrogens (tertiary/aromatic N) is 1. The van der Waals surface area contributed by atoms with Gasteiger partial charge in [0.2, 0.25) is 5.60 Å². The summed E-state index contributed by atoms with van der Waals surface area (Å²) in [5.41, 5.74) is 0.187. The van der Waals surface area contributed by atoms with E-state index in [0.717, 1.165) is 11.1 Å². The monoisotopic (exact) mass is 341 g/mol. The van der Waals surface area contributed by atoms with Crippen LogP contribution >= 0.6 is 0 Å². The van der Waals surface area contributed by atoms with Crippen molar-refractivity contribution in [3.8, 4) is 0 Å². The number of carbonyl (C=O) groups is 2. The minimum absolute atomic E-state index is 0.570. The first-order chi connectivity index (χ1) is 11.9. The van der Waals surface area contributed by atoms with Gasteiger partial charge in [0.1, 0.15) is 0 Å². The largest absolute Gasteiger partial charge is 0.477 e. The number of hydrogen-bond acceptors (Lipinski definition) is 5. The van der Waals surface area contributed by atoms with Gasteiger partial charge in [-0.3, -0.25) is 0 Å². The number of carbonyl (C=O) groups excluding carboxylic acids is 1. The Kier molecular flexibility index (Phi) is 5.89. The smallest absolute Gasteiger partial charge is 0.353 e. The molecule has 0 radical (unpaired) electrons. The predicted molar refractivity (Wildman–Crippen MR) is 92.1 cm³/mol. The van der Waals surface area contributed by atoms with E-state index in [4.69, 9.17) is 14.7 Å². The van der Waals surface area contributed by atoms with E-state index in [-0.39, 0.29) is 0 Å². The minimum Gasteiger partial charge on any atom is -0.477 e. The fourth-order valence-electron chi connectivity index (χ4n) is 2.07. The highest BCUT2D eigenvalue weighted by Gasteiger charge is 2.35. The van der Waals surface area contributed by atoms with Gasteiger partial charge in [0.15, 0.2) is 12.3 Å². The van der Waals surface area contributed by atoms with Gasteiger partial charge in [-0.1, -0.05) is 65.8 Å². The van der Waals surface area contributed by atoms with E-state index < -0.39 is 23.6 Å². The van der Waals surface area contributed by atoms with Crippen LogP contribution < -0.4 is 0 Å². The molecule has 0 aliphatic rings. The third kappa shape index (κ3) is 5.17. The maximum absolute atomic E-state index is 12.5. The molecule has 0 saturated carbocycles. The standard InChI is InChI=1S/C19H19NO5/c1-19(2,25-20-13-16(21)22)18(23)24-17(14-9-5-3-6-10-14)15-11-7-4-8-12-15/h3-13,17H,1-2H3,(H,21,22). The highest BCUT2D eigenvalue weighted by Crippen LogP contribution is 2.28. The Balaban J connectivity index is 2.22. The van der Waals surface area contributed by atoms with Crippen LogP contribution in [0.25, 0.3) is 0 Å². The fourth-order valence-corrected chi connectivity index (χ4v) is 2.07. The topological polar surface area (TPSA) is 85.2 Å². The maximum atomic E-state index is 12.5. The molecule has 0 atom stereocenters. The molecule has 0 aliphatic carbocycles. The SMILES string of the molecule is CC(C)(ON=CC(=O)O)C(=O)OC(c1ccccc1)c1ccccc1. The second kappa shape index (κ2) is 8.10. The maximum Gasteiger partial charge on any atom is 0.353 e. The van der Waals surface area contributed by atoms with Crippen molar-refractivity contribution in [3.05, 3.63) is 71.8 Å². The molecule has 0 aromatic heterocycles. The summed E-state index contributed by atoms with van der Waals surface area (Å²) in [5, 5.41) is 11.8. The molecule has 0 amide bonds. The average Bonchev–Trinajstić information content (AvgIpc) is 2.60. The van der Waals surface area contributed by atoms with Gasteiger partial charge in [-0.05, 0) is 25.0 Å². The Labute approximate surface area is 145 Å². The summed E-state index contributed by atoms with van der Waals surface area (Å²) in [6, 6.07) is 18.6. The van der Waals surface area contributed by atoms with Crippen LogP contribution in [0.5, 0.6) is 0 Å². The number of rotatable bonds is 7. The normalized spacial score (nSPS) is 11.5. The summed E-state index contributed by atoms with van der Waals surface area (Å²) in [4.78, 5) is 28.0. The molecule has 0 unspecified atom stereocenters. The van der Waals surface area contributed by atoms with Crippen molar-refractivity contribution in [2.45, 2.75) is 25.6 Å². The molecule has 2 rings (SSSR count). The first-order valence-electron chi connectivity index (χ1n) is 7.65. The summed E-state index contributed by atoms with van der Waals surface area (Å²) < 4.78 is 5.66. The first-order valence-corrected chi connectivity index (χ1v) is 7.65. The molecule has 1 N–H and O–H groups in total. The molecular weight excluding hydrogens is 322 g/mol. The third-order valence-corrected chi connectivity index (χ3v) is 3.37. The lowest BCUT2D eigenvalue weighted by atomic mass is 10.0. The van der Waals surface area contributed by atoms with Gasteiger partial charge in [-0.15, -0.1) is 0 Å². The number of esters is 1. The number of ether oxygens (including phenoxy) is 1. The van der Waals surface area contributed by atoms with Gasteiger partial charge >= 0.3 is 11.9 Å². The Morgan fingerprint density at radius 1 is 1.00 bits per heavy atom. The highest BCUT2D eigenvalue weighted by atomic mass is 16.7. The number of hydrogen-bond donors (Lipinski definition) is 1. The van der Waals surface area contributed by atoms with Gasteiger partial charge in [0.25, 0.3) is 0 Å². The van der Waals surface area contributed by atoms with Gasteiger partial charge < -0.3 is 14.7 Å². The number of carboxylic acid groups (broad SMARTS) is 1. The van der Waals surface area contributed by atoms with Gasteiger partial charge in [-0.2, -0.15) is 0 Å². The zero-order chi connectivity index (χ0) is 18.3. The van der Waals surface area contributed by atoms with Crippen molar-refractivity contribution in [3.63, 3.8) is 0 Å². The summed E-state index contributed by atoms with van der Waals surface area (Å²) in [6.45, 7) is 2.92. The molecule has 0 saturated heterocycles. The molecule has 0 fully saturated rings. The summed E-state index contributed by atoms with van der Waals surface area (Å²) in [5.74, 6) is -1.93. The van der Waals surface area contributed by atoms with Crippen molar-refractivity contribution < 1.29 is 24.3 Å². The highest BCUT2D eigenvalue weighted by molar-refractivity contribution is 6.21. The molecular formula is C19H19NO5. The van der Waals surface area contributed by atoms with Crippen LogP contribution in [0.1, 0.15) is 31.1 Å². The van der Waals surface area contributed by atoms with Crippen molar-refractivity contribution in [2.24, 2.45) is 5.16 Å². The number of aliphatic carboxylic acids is 1. The van der Waals surface area contributed by atoms with Crippen molar-refractivity contribution in [1.82, 2.24) is 0 Å². The lowest BCUT2D eigenvalue weighted by molar-refractivity contribution is -0.172. The van der Waals surface area contributed by atoms with Gasteiger partial charge in [0.05, 0.1) is 0 Å². The molecule has 6 heteroatoms. The van der Waals surface area contributed by atoms with Gasteiger partial charge in [0, 0.05) is 0 Å². The lowest BCUT2D eigenvalue weighted by Crippen LogP contribution is -2.36. The molecule has 2 aromatic rings. The first kappa shape index (κ1) is 18.2. The number of carboxylic acids is 1. The van der Waals surface area contributed by atoms with Crippen LogP contribution in [0.2, 0.25) is 0 Å². The van der Waals surface area contributed by atoms with E-state index >= 15 is 0 Å². The van der Waals surface area contributed by atoms with E-state index in [0.29, 0.717) is 6.21 Å². The van der Waals surface area contributed by atoms with E-state index in [1.807, 2.05) is 60.7 Å². The second-order valence-corrected chi connectivity index (χ2v) is 5.78. The Hall–Kier alpha value is -3.15. The Bertz CT molecular complexity index is 701. The Morgan fingerprint density at radius 2 is 1.48 bits per heavy atom. The van der Waals surface area contributed by atoms with E-state index in [1.165, 1.54) is 13.8 Å². The van der Waals surface area contributed by atoms with E-state index in [2.05, 4.69) is 5.16 Å². The van der Waals surface area contributed by atoms with E-state index in [9.17, 15) is 9.59 Å². The molecule has 0 spiro atoms. The van der Waals surface area contributed by atoms with E-state index in [1.54, 1.807) is 0 Å². The van der Waals surface area contributed by atoms with Crippen molar-refractivity contribution in [2.75, 3.05) is 0 Å². The quantitative estimate of drug-likeness (QED) is 0.475. The zero-order valence-corrected chi connectivity index (χ0v) is 14.0. The van der Waals surface area contributed by atoms with Crippen LogP contribution in [0.3, 0.4) is 0 Å². The van der Waals surface area contributed by atoms with Crippen LogP contribution in [-0.4, -0.2) is 28.9 Å². The Morgan fingerprint density at radius 3 is 1.92 bits per heavy atom. The molecule has 0 bridgehead atoms. The lowest BCUT2D eigenvalue weighted by Gasteiger charge is -2.25. The molecule has 25 heavy (non-hydrogen) atoms. The number of benzene rings is 2. The molecule has 0 aliphatic heterocycles. The molecule has 130 valence electrons. The molecule has 6 nitrogen and oxygen atoms in total. The molecule has 2 aromatic carbocycles. The van der Waals surface area contributed by atoms with Crippen LogP contribution in [0, 0.1) is 0 Å². The summed E-state index contributed by atoms with van der Waals surface area (Å²) >= 11 is 0. The van der Waals surface area contributed by atoms with Crippen LogP contribution in [0.4, 0.5) is 0 Å². The van der Waals surface area contributed by atoms with Crippen molar-refractivity contribution >= 4 is 18.2 Å². The van der Waals surface area contributed by atoms with Gasteiger partial charge in [-0.25, -0.2) is 9.59 Å². The fraction of sp³-hybridized carbons (Fsp3) is 0.211. The average molecular weight is 341 g/mol.